The molecule has 0 radical (unpaired) electrons. The molecular weight excluding hydrogens is 610 g/mol. The van der Waals surface area contributed by atoms with E-state index in [0.717, 1.165) is 45.1 Å². The number of hydrogen-bond acceptors (Lipinski definition) is 5. The van der Waals surface area contributed by atoms with Crippen LogP contribution in [0.2, 0.25) is 0 Å². The molecule has 7 nitrogen and oxygen atoms in total. The molecule has 2 aromatic heterocycles. The zero-order chi connectivity index (χ0) is 32.8. The van der Waals surface area contributed by atoms with E-state index in [2.05, 4.69) is 25.4 Å². The van der Waals surface area contributed by atoms with E-state index >= 15 is 0 Å². The second-order valence-corrected chi connectivity index (χ2v) is 12.2. The Bertz CT molecular complexity index is 1730. The summed E-state index contributed by atoms with van der Waals surface area (Å²) in [5.74, 6) is -0.357. The van der Waals surface area contributed by atoms with Crippen molar-refractivity contribution in [1.29, 1.82) is 0 Å². The lowest BCUT2D eigenvalue weighted by molar-refractivity contribution is -0.123. The second-order valence-electron chi connectivity index (χ2n) is 12.2. The number of piperidine rings is 1. The molecule has 2 aromatic carbocycles. The number of amides is 1. The molecule has 1 saturated carbocycles. The molecule has 1 aliphatic heterocycles. The van der Waals surface area contributed by atoms with Gasteiger partial charge in [-0.3, -0.25) is 14.8 Å². The minimum Gasteiger partial charge on any atom is -0.473 e. The molecule has 3 heterocycles. The van der Waals surface area contributed by atoms with Crippen LogP contribution in [-0.4, -0.2) is 63.9 Å². The molecule has 2 N–H and O–H groups in total. The summed E-state index contributed by atoms with van der Waals surface area (Å²) in [5, 5.41) is 9.45. The third-order valence-corrected chi connectivity index (χ3v) is 8.71. The standard InChI is InChI=1S/C36H37F4N5O2/c37-35-29-20-25(14-16-31(29)43-44-35)34(30(21-36(38,39)40)24-8-2-1-3-9-24)26-15-17-33(41-22-26)47-28-12-6-18-45(23-28)19-7-13-32(46)42-27-10-4-5-11-27/h1-3,7-9,13-17,20,22,27-28H,4-6,10-12,18-19,21,23H2,(H,42,46)(H,43,44)/b13-7+,34-30-. The highest BCUT2D eigenvalue weighted by atomic mass is 19.4. The number of ether oxygens (including phenoxy) is 1. The molecule has 4 aromatic rings. The zero-order valence-electron chi connectivity index (χ0n) is 25.9. The van der Waals surface area contributed by atoms with Crippen molar-refractivity contribution in [2.75, 3.05) is 19.6 Å². The number of nitrogens with one attached hydrogen (secondary N) is 2. The molecule has 1 saturated heterocycles. The van der Waals surface area contributed by atoms with Crippen LogP contribution >= 0.6 is 0 Å². The van der Waals surface area contributed by atoms with E-state index in [1.807, 2.05) is 6.08 Å². The Morgan fingerprint density at radius 2 is 1.79 bits per heavy atom. The average molecular weight is 648 g/mol. The molecule has 246 valence electrons. The largest absolute Gasteiger partial charge is 0.473 e. The molecule has 1 atom stereocenters. The monoisotopic (exact) mass is 647 g/mol. The first-order valence-electron chi connectivity index (χ1n) is 16.0. The van der Waals surface area contributed by atoms with E-state index in [0.29, 0.717) is 46.7 Å². The van der Waals surface area contributed by atoms with Crippen LogP contribution in [-0.2, 0) is 4.79 Å². The lowest BCUT2D eigenvalue weighted by Crippen LogP contribution is -2.41. The third kappa shape index (κ3) is 8.45. The van der Waals surface area contributed by atoms with Crippen LogP contribution in [0.15, 0.2) is 79.0 Å². The number of aromatic nitrogens is 3. The Morgan fingerprint density at radius 1 is 1.00 bits per heavy atom. The summed E-state index contributed by atoms with van der Waals surface area (Å²) < 4.78 is 62.8. The zero-order valence-corrected chi connectivity index (χ0v) is 25.9. The molecule has 0 spiro atoms. The van der Waals surface area contributed by atoms with Crippen LogP contribution in [0.25, 0.3) is 22.0 Å². The van der Waals surface area contributed by atoms with Gasteiger partial charge in [-0.05, 0) is 72.7 Å². The minimum absolute atomic E-state index is 0.0460. The number of likely N-dealkylation sites (tertiary alicyclic amines) is 1. The maximum Gasteiger partial charge on any atom is 0.393 e. The van der Waals surface area contributed by atoms with Crippen LogP contribution in [0.5, 0.6) is 5.88 Å². The third-order valence-electron chi connectivity index (χ3n) is 8.71. The fourth-order valence-corrected chi connectivity index (χ4v) is 6.50. The summed E-state index contributed by atoms with van der Waals surface area (Å²) in [5.41, 5.74) is 1.96. The number of carbonyl (C=O) groups is 1. The van der Waals surface area contributed by atoms with E-state index in [4.69, 9.17) is 4.74 Å². The van der Waals surface area contributed by atoms with Gasteiger partial charge in [-0.1, -0.05) is 55.3 Å². The first-order chi connectivity index (χ1) is 22.7. The molecule has 1 unspecified atom stereocenters. The van der Waals surface area contributed by atoms with Gasteiger partial charge in [0.15, 0.2) is 0 Å². The van der Waals surface area contributed by atoms with Gasteiger partial charge >= 0.3 is 6.18 Å². The number of carbonyl (C=O) groups excluding carboxylic acids is 1. The van der Waals surface area contributed by atoms with Gasteiger partial charge in [0.25, 0.3) is 0 Å². The van der Waals surface area contributed by atoms with Crippen molar-refractivity contribution in [3.8, 4) is 5.88 Å². The Labute approximate surface area is 270 Å². The highest BCUT2D eigenvalue weighted by molar-refractivity contribution is 6.00. The maximum absolute atomic E-state index is 14.5. The number of benzene rings is 2. The molecule has 2 aliphatic rings. The first-order valence-corrected chi connectivity index (χ1v) is 16.0. The number of pyridine rings is 1. The van der Waals surface area contributed by atoms with Crippen LogP contribution in [0.3, 0.4) is 0 Å². The lowest BCUT2D eigenvalue weighted by atomic mass is 9.88. The molecule has 47 heavy (non-hydrogen) atoms. The average Bonchev–Trinajstić information content (AvgIpc) is 3.71. The van der Waals surface area contributed by atoms with Crippen molar-refractivity contribution in [3.05, 3.63) is 102 Å². The van der Waals surface area contributed by atoms with Crippen LogP contribution in [0.4, 0.5) is 17.6 Å². The predicted molar refractivity (Wildman–Crippen MR) is 173 cm³/mol. The summed E-state index contributed by atoms with van der Waals surface area (Å²) in [7, 11) is 0. The van der Waals surface area contributed by atoms with Gasteiger partial charge in [-0.15, -0.1) is 0 Å². The number of fused-ring (bicyclic) bond motifs is 1. The maximum atomic E-state index is 14.5. The van der Waals surface area contributed by atoms with Crippen molar-refractivity contribution in [1.82, 2.24) is 25.4 Å². The first kappa shape index (κ1) is 32.4. The second kappa shape index (κ2) is 14.5. The van der Waals surface area contributed by atoms with E-state index in [-0.39, 0.29) is 29.0 Å². The number of halogens is 4. The number of aromatic amines is 1. The van der Waals surface area contributed by atoms with Gasteiger partial charge in [-0.2, -0.15) is 22.7 Å². The Kier molecular flexibility index (Phi) is 10.0. The minimum atomic E-state index is -4.50. The summed E-state index contributed by atoms with van der Waals surface area (Å²) >= 11 is 0. The van der Waals surface area contributed by atoms with Gasteiger partial charge in [0.05, 0.1) is 17.3 Å². The Hall–Kier alpha value is -4.51. The van der Waals surface area contributed by atoms with Crippen molar-refractivity contribution in [2.45, 2.75) is 63.3 Å². The van der Waals surface area contributed by atoms with Crippen molar-refractivity contribution in [2.24, 2.45) is 0 Å². The highest BCUT2D eigenvalue weighted by Gasteiger charge is 2.32. The molecule has 1 amide bonds. The fourth-order valence-electron chi connectivity index (χ4n) is 6.50. The lowest BCUT2D eigenvalue weighted by Gasteiger charge is -2.31. The molecule has 6 rings (SSSR count). The molecule has 2 fully saturated rings. The van der Waals surface area contributed by atoms with E-state index in [9.17, 15) is 22.4 Å². The number of alkyl halides is 3. The van der Waals surface area contributed by atoms with Gasteiger partial charge in [-0.25, -0.2) is 4.98 Å². The number of nitrogens with zero attached hydrogens (tertiary/aromatic N) is 3. The smallest absolute Gasteiger partial charge is 0.393 e. The summed E-state index contributed by atoms with van der Waals surface area (Å²) in [6.45, 7) is 2.17. The highest BCUT2D eigenvalue weighted by Crippen LogP contribution is 2.40. The van der Waals surface area contributed by atoms with E-state index < -0.39 is 18.5 Å². The number of hydrogen-bond donors (Lipinski definition) is 2. The van der Waals surface area contributed by atoms with Crippen molar-refractivity contribution < 1.29 is 27.1 Å². The topological polar surface area (TPSA) is 83.1 Å². The summed E-state index contributed by atoms with van der Waals surface area (Å²) in [6, 6.07) is 16.8. The van der Waals surface area contributed by atoms with Crippen molar-refractivity contribution in [3.63, 3.8) is 0 Å². The number of H-pyrrole nitrogens is 1. The molecule has 0 bridgehead atoms. The SMILES string of the molecule is O=C(/C=C/CN1CCCC(Oc2ccc(/C(=C(/CC(F)(F)F)c3ccccc3)c3ccc4n[nH]c(F)c4c3)cn2)C1)NC1CCCC1. The van der Waals surface area contributed by atoms with Crippen molar-refractivity contribution >= 4 is 28.0 Å². The van der Waals surface area contributed by atoms with Gasteiger partial charge in [0.1, 0.15) is 6.10 Å². The fraction of sp³-hybridized carbons (Fsp3) is 0.361. The molecule has 11 heteroatoms. The molecular formula is C36H37F4N5O2. The summed E-state index contributed by atoms with van der Waals surface area (Å²) in [6.07, 6.45) is 5.33. The number of rotatable bonds is 10. The Balaban J connectivity index is 1.22. The van der Waals surface area contributed by atoms with E-state index in [1.54, 1.807) is 60.7 Å². The van der Waals surface area contributed by atoms with Crippen LogP contribution in [0.1, 0.15) is 61.6 Å². The molecule has 1 aliphatic carbocycles. The van der Waals surface area contributed by atoms with E-state index in [1.165, 1.54) is 12.3 Å². The number of allylic oxidation sites excluding steroid dienone is 1. The van der Waals surface area contributed by atoms with Crippen LogP contribution < -0.4 is 10.1 Å². The quantitative estimate of drug-likeness (QED) is 0.106. The predicted octanol–water partition coefficient (Wildman–Crippen LogP) is 7.47. The van der Waals surface area contributed by atoms with Gasteiger partial charge in [0, 0.05) is 43.0 Å². The van der Waals surface area contributed by atoms with Crippen LogP contribution in [0, 0.1) is 5.95 Å². The van der Waals surface area contributed by atoms with Gasteiger partial charge < -0.3 is 10.1 Å². The van der Waals surface area contributed by atoms with Gasteiger partial charge in [0.2, 0.25) is 17.7 Å². The normalized spacial score (nSPS) is 18.5. The summed E-state index contributed by atoms with van der Waals surface area (Å²) in [4.78, 5) is 19.0. The Morgan fingerprint density at radius 3 is 2.53 bits per heavy atom.